The Morgan fingerprint density at radius 2 is 1.15 bits per heavy atom. The molecule has 0 unspecified atom stereocenters. The third-order valence-electron chi connectivity index (χ3n) is 8.48. The standard InChI is InChI=1S/C40H23N5S/c41-24-25-17-19-27(20-18-25)39-42-38(26-9-2-1-3-10-26)43-40(44-39)28-11-8-12-29(23-28)45-34-15-6-4-13-30(34)32-21-22-33-31-14-5-7-16-35(31)46-37(33)36(32)45/h1-23H. The number of hydrogen-bond donors (Lipinski definition) is 0. The number of nitriles is 1. The van der Waals surface area contributed by atoms with Crippen molar-refractivity contribution < 1.29 is 0 Å². The topological polar surface area (TPSA) is 67.4 Å². The Morgan fingerprint density at radius 1 is 0.522 bits per heavy atom. The maximum absolute atomic E-state index is 9.32. The fourth-order valence-corrected chi connectivity index (χ4v) is 7.57. The van der Waals surface area contributed by atoms with Crippen molar-refractivity contribution in [2.45, 2.75) is 0 Å². The summed E-state index contributed by atoms with van der Waals surface area (Å²) in [6, 6.07) is 49.7. The molecule has 0 N–H and O–H groups in total. The van der Waals surface area contributed by atoms with Gasteiger partial charge in [0.15, 0.2) is 17.5 Å². The second-order valence-electron chi connectivity index (χ2n) is 11.2. The SMILES string of the molecule is N#Cc1ccc(-c2nc(-c3ccccc3)nc(-c3cccc(-n4c5ccccc5c5ccc6c7ccccc7sc6c54)c3)n2)cc1. The Bertz CT molecular complexity index is 2640. The lowest BCUT2D eigenvalue weighted by Crippen LogP contribution is -2.01. The Hall–Kier alpha value is -6.16. The van der Waals surface area contributed by atoms with Crippen LogP contribution >= 0.6 is 11.3 Å². The number of hydrogen-bond acceptors (Lipinski definition) is 5. The van der Waals surface area contributed by atoms with Gasteiger partial charge in [0.05, 0.1) is 27.4 Å². The average Bonchev–Trinajstić information content (AvgIpc) is 3.68. The first kappa shape index (κ1) is 26.3. The van der Waals surface area contributed by atoms with Crippen LogP contribution in [-0.4, -0.2) is 19.5 Å². The zero-order chi connectivity index (χ0) is 30.6. The molecule has 0 aliphatic heterocycles. The lowest BCUT2D eigenvalue weighted by atomic mass is 10.1. The van der Waals surface area contributed by atoms with E-state index in [9.17, 15) is 5.26 Å². The molecule has 0 radical (unpaired) electrons. The van der Waals surface area contributed by atoms with Gasteiger partial charge >= 0.3 is 0 Å². The molecule has 0 saturated heterocycles. The predicted octanol–water partition coefficient (Wildman–Crippen LogP) is 10.2. The average molecular weight is 606 g/mol. The summed E-state index contributed by atoms with van der Waals surface area (Å²) in [4.78, 5) is 14.8. The molecule has 3 aromatic heterocycles. The van der Waals surface area contributed by atoms with Gasteiger partial charge in [0.1, 0.15) is 0 Å². The summed E-state index contributed by atoms with van der Waals surface area (Å²) in [6.07, 6.45) is 0. The fourth-order valence-electron chi connectivity index (χ4n) is 6.33. The lowest BCUT2D eigenvalue weighted by Gasteiger charge is -2.12. The highest BCUT2D eigenvalue weighted by Crippen LogP contribution is 2.43. The van der Waals surface area contributed by atoms with Crippen molar-refractivity contribution in [3.63, 3.8) is 0 Å². The molecular formula is C40H23N5S. The molecule has 0 aliphatic rings. The molecule has 0 bridgehead atoms. The highest BCUT2D eigenvalue weighted by molar-refractivity contribution is 7.26. The zero-order valence-corrected chi connectivity index (χ0v) is 25.2. The van der Waals surface area contributed by atoms with Crippen molar-refractivity contribution in [3.05, 3.63) is 145 Å². The van der Waals surface area contributed by atoms with Crippen molar-refractivity contribution in [1.82, 2.24) is 19.5 Å². The Kier molecular flexibility index (Phi) is 5.98. The predicted molar refractivity (Wildman–Crippen MR) is 188 cm³/mol. The first-order chi connectivity index (χ1) is 22.7. The number of benzene rings is 6. The Labute approximate surface area is 268 Å². The van der Waals surface area contributed by atoms with Gasteiger partial charge in [-0.1, -0.05) is 91.0 Å². The van der Waals surface area contributed by atoms with Crippen LogP contribution in [0.3, 0.4) is 0 Å². The van der Waals surface area contributed by atoms with E-state index in [4.69, 9.17) is 15.0 Å². The number of aromatic nitrogens is 4. The molecule has 214 valence electrons. The van der Waals surface area contributed by atoms with Crippen molar-refractivity contribution >= 4 is 53.3 Å². The van der Waals surface area contributed by atoms with E-state index in [1.54, 1.807) is 12.1 Å². The van der Waals surface area contributed by atoms with E-state index in [0.29, 0.717) is 23.0 Å². The van der Waals surface area contributed by atoms with Crippen LogP contribution in [0.1, 0.15) is 5.56 Å². The molecule has 5 nitrogen and oxygen atoms in total. The van der Waals surface area contributed by atoms with Crippen LogP contribution in [-0.2, 0) is 0 Å². The second-order valence-corrected chi connectivity index (χ2v) is 12.3. The minimum Gasteiger partial charge on any atom is -0.308 e. The lowest BCUT2D eigenvalue weighted by molar-refractivity contribution is 1.07. The second kappa shape index (κ2) is 10.5. The molecular weight excluding hydrogens is 583 g/mol. The van der Waals surface area contributed by atoms with Crippen molar-refractivity contribution in [3.8, 4) is 45.9 Å². The molecule has 6 heteroatoms. The molecule has 9 aromatic rings. The molecule has 46 heavy (non-hydrogen) atoms. The van der Waals surface area contributed by atoms with Gasteiger partial charge in [-0.3, -0.25) is 0 Å². The van der Waals surface area contributed by atoms with Gasteiger partial charge in [-0.05, 0) is 48.5 Å². The van der Waals surface area contributed by atoms with Gasteiger partial charge in [-0.2, -0.15) is 5.26 Å². The van der Waals surface area contributed by atoms with E-state index < -0.39 is 0 Å². The van der Waals surface area contributed by atoms with Crippen LogP contribution in [0.5, 0.6) is 0 Å². The quantitative estimate of drug-likeness (QED) is 0.200. The molecule has 3 heterocycles. The van der Waals surface area contributed by atoms with Crippen LogP contribution < -0.4 is 0 Å². The van der Waals surface area contributed by atoms with Gasteiger partial charge in [0.25, 0.3) is 0 Å². The summed E-state index contributed by atoms with van der Waals surface area (Å²) < 4.78 is 4.94. The molecule has 0 atom stereocenters. The van der Waals surface area contributed by atoms with Crippen LogP contribution in [0.2, 0.25) is 0 Å². The Morgan fingerprint density at radius 3 is 1.93 bits per heavy atom. The van der Waals surface area contributed by atoms with Crippen molar-refractivity contribution in [1.29, 1.82) is 5.26 Å². The van der Waals surface area contributed by atoms with Gasteiger partial charge in [0.2, 0.25) is 0 Å². The van der Waals surface area contributed by atoms with Gasteiger partial charge < -0.3 is 4.57 Å². The van der Waals surface area contributed by atoms with Crippen LogP contribution in [0, 0.1) is 11.3 Å². The van der Waals surface area contributed by atoms with Gasteiger partial charge in [-0.15, -0.1) is 11.3 Å². The molecule has 6 aromatic carbocycles. The number of nitrogens with zero attached hydrogens (tertiary/aromatic N) is 5. The Balaban J connectivity index is 1.28. The minimum atomic E-state index is 0.558. The monoisotopic (exact) mass is 605 g/mol. The third-order valence-corrected chi connectivity index (χ3v) is 9.67. The van der Waals surface area contributed by atoms with Crippen LogP contribution in [0.25, 0.3) is 81.8 Å². The highest BCUT2D eigenvalue weighted by atomic mass is 32.1. The summed E-state index contributed by atoms with van der Waals surface area (Å²) in [6.45, 7) is 0. The molecule has 0 aliphatic carbocycles. The molecule has 9 rings (SSSR count). The smallest absolute Gasteiger partial charge is 0.164 e. The minimum absolute atomic E-state index is 0.558. The maximum Gasteiger partial charge on any atom is 0.164 e. The molecule has 0 amide bonds. The van der Waals surface area contributed by atoms with Gasteiger partial charge in [-0.25, -0.2) is 15.0 Å². The summed E-state index contributed by atoms with van der Waals surface area (Å²) in [5.74, 6) is 1.74. The van der Waals surface area contributed by atoms with E-state index in [-0.39, 0.29) is 0 Å². The molecule has 0 spiro atoms. The van der Waals surface area contributed by atoms with Crippen LogP contribution in [0.15, 0.2) is 140 Å². The number of rotatable bonds is 4. The normalized spacial score (nSPS) is 11.5. The number of thiophene rings is 1. The third kappa shape index (κ3) is 4.18. The first-order valence-corrected chi connectivity index (χ1v) is 15.8. The molecule has 0 fully saturated rings. The summed E-state index contributed by atoms with van der Waals surface area (Å²) >= 11 is 1.84. The first-order valence-electron chi connectivity index (χ1n) is 15.0. The summed E-state index contributed by atoms with van der Waals surface area (Å²) in [5.41, 5.74) is 6.61. The van der Waals surface area contributed by atoms with Crippen molar-refractivity contribution in [2.75, 3.05) is 0 Å². The van der Waals surface area contributed by atoms with E-state index in [1.165, 1.54) is 36.5 Å². The molecule has 0 saturated carbocycles. The maximum atomic E-state index is 9.32. The van der Waals surface area contributed by atoms with Crippen molar-refractivity contribution in [2.24, 2.45) is 0 Å². The number of fused-ring (bicyclic) bond motifs is 7. The van der Waals surface area contributed by atoms with E-state index in [2.05, 4.69) is 95.6 Å². The van der Waals surface area contributed by atoms with Gasteiger partial charge in [0, 0.05) is 48.6 Å². The van der Waals surface area contributed by atoms with E-state index in [1.807, 2.05) is 53.8 Å². The van der Waals surface area contributed by atoms with Crippen LogP contribution in [0.4, 0.5) is 0 Å². The summed E-state index contributed by atoms with van der Waals surface area (Å²) in [5, 5.41) is 14.3. The highest BCUT2D eigenvalue weighted by Gasteiger charge is 2.19. The van der Waals surface area contributed by atoms with E-state index in [0.717, 1.165) is 27.9 Å². The number of para-hydroxylation sites is 1. The summed E-state index contributed by atoms with van der Waals surface area (Å²) in [7, 11) is 0. The largest absolute Gasteiger partial charge is 0.308 e. The fraction of sp³-hybridized carbons (Fsp3) is 0. The zero-order valence-electron chi connectivity index (χ0n) is 24.4. The van der Waals surface area contributed by atoms with E-state index >= 15 is 0 Å².